The summed E-state index contributed by atoms with van der Waals surface area (Å²) in [5.74, 6) is 0. The smallest absolute Gasteiger partial charge is 0.0345 e. The van der Waals surface area contributed by atoms with Crippen molar-refractivity contribution in [1.82, 2.24) is 15.1 Å². The quantitative estimate of drug-likeness (QED) is 0.866. The van der Waals surface area contributed by atoms with Crippen molar-refractivity contribution in [2.24, 2.45) is 0 Å². The average Bonchev–Trinajstić information content (AvgIpc) is 2.35. The van der Waals surface area contributed by atoms with Crippen molar-refractivity contribution in [3.05, 3.63) is 35.4 Å². The second-order valence-corrected chi connectivity index (χ2v) is 5.46. The third kappa shape index (κ3) is 3.55. The highest BCUT2D eigenvalue weighted by Gasteiger charge is 2.19. The Bertz CT molecular complexity index is 378. The zero-order valence-corrected chi connectivity index (χ0v) is 11.8. The number of hydrogen-bond donors (Lipinski definition) is 1. The fourth-order valence-electron chi connectivity index (χ4n) is 2.57. The lowest BCUT2D eigenvalue weighted by atomic mass is 10.1. The maximum absolute atomic E-state index is 3.48. The van der Waals surface area contributed by atoms with Crippen LogP contribution in [-0.4, -0.2) is 56.1 Å². The normalized spacial score (nSPS) is 21.4. The van der Waals surface area contributed by atoms with E-state index in [4.69, 9.17) is 0 Å². The Morgan fingerprint density at radius 3 is 2.89 bits per heavy atom. The van der Waals surface area contributed by atoms with Crippen LogP contribution in [0.15, 0.2) is 24.3 Å². The van der Waals surface area contributed by atoms with Crippen molar-refractivity contribution in [2.45, 2.75) is 19.5 Å². The zero-order chi connectivity index (χ0) is 13.0. The van der Waals surface area contributed by atoms with Crippen LogP contribution in [-0.2, 0) is 6.54 Å². The van der Waals surface area contributed by atoms with E-state index in [2.05, 4.69) is 60.4 Å². The molecule has 1 unspecified atom stereocenters. The van der Waals surface area contributed by atoms with Crippen molar-refractivity contribution >= 4 is 0 Å². The molecule has 0 bridgehead atoms. The fourth-order valence-corrected chi connectivity index (χ4v) is 2.57. The number of hydrogen-bond acceptors (Lipinski definition) is 3. The van der Waals surface area contributed by atoms with Crippen molar-refractivity contribution in [3.8, 4) is 0 Å². The molecule has 0 aromatic heterocycles. The minimum absolute atomic E-state index is 0.632. The number of likely N-dealkylation sites (N-methyl/N-ethyl adjacent to an activating group) is 2. The molecule has 3 nitrogen and oxygen atoms in total. The molecule has 0 amide bonds. The zero-order valence-electron chi connectivity index (χ0n) is 11.8. The van der Waals surface area contributed by atoms with E-state index in [9.17, 15) is 0 Å². The van der Waals surface area contributed by atoms with E-state index < -0.39 is 0 Å². The summed E-state index contributed by atoms with van der Waals surface area (Å²) in [6.45, 7) is 7.73. The molecular weight excluding hydrogens is 222 g/mol. The molecule has 1 aliphatic heterocycles. The second-order valence-electron chi connectivity index (χ2n) is 5.46. The van der Waals surface area contributed by atoms with E-state index >= 15 is 0 Å². The molecule has 3 heteroatoms. The molecule has 1 aliphatic rings. The van der Waals surface area contributed by atoms with Crippen LogP contribution in [0.4, 0.5) is 0 Å². The molecule has 1 aromatic rings. The van der Waals surface area contributed by atoms with Gasteiger partial charge in [-0.15, -0.1) is 0 Å². The summed E-state index contributed by atoms with van der Waals surface area (Å²) in [5, 5.41) is 3.48. The van der Waals surface area contributed by atoms with Gasteiger partial charge in [0.1, 0.15) is 0 Å². The SMILES string of the molecule is Cc1ccccc1CN(C)CC1CNCCN1C. The van der Waals surface area contributed by atoms with Crippen molar-refractivity contribution in [1.29, 1.82) is 0 Å². The lowest BCUT2D eigenvalue weighted by Crippen LogP contribution is -2.53. The Hall–Kier alpha value is -0.900. The van der Waals surface area contributed by atoms with Crippen LogP contribution in [0.5, 0.6) is 0 Å². The van der Waals surface area contributed by atoms with Crippen LogP contribution in [0, 0.1) is 6.92 Å². The van der Waals surface area contributed by atoms with Crippen molar-refractivity contribution in [3.63, 3.8) is 0 Å². The third-order valence-electron chi connectivity index (χ3n) is 3.87. The largest absolute Gasteiger partial charge is 0.314 e. The van der Waals surface area contributed by atoms with Crippen LogP contribution in [0.2, 0.25) is 0 Å². The van der Waals surface area contributed by atoms with Crippen LogP contribution in [0.3, 0.4) is 0 Å². The van der Waals surface area contributed by atoms with E-state index in [1.807, 2.05) is 0 Å². The lowest BCUT2D eigenvalue weighted by Gasteiger charge is -2.35. The van der Waals surface area contributed by atoms with Crippen LogP contribution < -0.4 is 5.32 Å². The van der Waals surface area contributed by atoms with Gasteiger partial charge in [-0.2, -0.15) is 0 Å². The first-order valence-corrected chi connectivity index (χ1v) is 6.81. The minimum Gasteiger partial charge on any atom is -0.314 e. The molecular formula is C15H25N3. The van der Waals surface area contributed by atoms with Gasteiger partial charge in [0.05, 0.1) is 0 Å². The number of rotatable bonds is 4. The van der Waals surface area contributed by atoms with Crippen molar-refractivity contribution in [2.75, 3.05) is 40.3 Å². The van der Waals surface area contributed by atoms with Crippen LogP contribution in [0.1, 0.15) is 11.1 Å². The summed E-state index contributed by atoms with van der Waals surface area (Å²) in [6, 6.07) is 9.29. The highest BCUT2D eigenvalue weighted by molar-refractivity contribution is 5.25. The molecule has 1 fully saturated rings. The molecule has 18 heavy (non-hydrogen) atoms. The molecule has 1 aromatic carbocycles. The number of piperazine rings is 1. The topological polar surface area (TPSA) is 18.5 Å². The molecule has 1 heterocycles. The predicted octanol–water partition coefficient (Wildman–Crippen LogP) is 1.33. The van der Waals surface area contributed by atoms with Gasteiger partial charge in [0.2, 0.25) is 0 Å². The number of benzene rings is 1. The molecule has 0 aliphatic carbocycles. The first-order chi connectivity index (χ1) is 8.66. The minimum atomic E-state index is 0.632. The first-order valence-electron chi connectivity index (χ1n) is 6.81. The summed E-state index contributed by atoms with van der Waals surface area (Å²) < 4.78 is 0. The van der Waals surface area contributed by atoms with Gasteiger partial charge in [-0.05, 0) is 32.1 Å². The Morgan fingerprint density at radius 1 is 1.39 bits per heavy atom. The van der Waals surface area contributed by atoms with Gasteiger partial charge in [-0.1, -0.05) is 24.3 Å². The molecule has 1 saturated heterocycles. The maximum Gasteiger partial charge on any atom is 0.0345 e. The Morgan fingerprint density at radius 2 is 2.17 bits per heavy atom. The average molecular weight is 247 g/mol. The van der Waals surface area contributed by atoms with Gasteiger partial charge in [-0.3, -0.25) is 4.90 Å². The molecule has 1 atom stereocenters. The molecule has 0 radical (unpaired) electrons. The number of nitrogens with one attached hydrogen (secondary N) is 1. The third-order valence-corrected chi connectivity index (χ3v) is 3.87. The summed E-state index contributed by atoms with van der Waals surface area (Å²) in [4.78, 5) is 4.89. The Kier molecular flexibility index (Phi) is 4.75. The first kappa shape index (κ1) is 13.5. The summed E-state index contributed by atoms with van der Waals surface area (Å²) in [6.07, 6.45) is 0. The lowest BCUT2D eigenvalue weighted by molar-refractivity contribution is 0.150. The Labute approximate surface area is 111 Å². The van der Waals surface area contributed by atoms with Crippen molar-refractivity contribution < 1.29 is 0 Å². The molecule has 0 saturated carbocycles. The Balaban J connectivity index is 1.88. The highest BCUT2D eigenvalue weighted by atomic mass is 15.2. The number of nitrogens with zero attached hydrogens (tertiary/aromatic N) is 2. The van der Waals surface area contributed by atoms with Gasteiger partial charge in [0.25, 0.3) is 0 Å². The van der Waals surface area contributed by atoms with Gasteiger partial charge in [0, 0.05) is 38.8 Å². The van der Waals surface area contributed by atoms with E-state index in [-0.39, 0.29) is 0 Å². The van der Waals surface area contributed by atoms with Crippen LogP contribution in [0.25, 0.3) is 0 Å². The molecule has 100 valence electrons. The van der Waals surface area contributed by atoms with Gasteiger partial charge in [-0.25, -0.2) is 0 Å². The van der Waals surface area contributed by atoms with E-state index in [0.29, 0.717) is 6.04 Å². The predicted molar refractivity (Wildman–Crippen MR) is 76.8 cm³/mol. The van der Waals surface area contributed by atoms with E-state index in [0.717, 1.165) is 32.7 Å². The second kappa shape index (κ2) is 6.32. The summed E-state index contributed by atoms with van der Waals surface area (Å²) in [5.41, 5.74) is 2.82. The molecule has 0 spiro atoms. The van der Waals surface area contributed by atoms with Crippen LogP contribution >= 0.6 is 0 Å². The van der Waals surface area contributed by atoms with E-state index in [1.165, 1.54) is 11.1 Å². The standard InChI is InChI=1S/C15H25N3/c1-13-6-4-5-7-14(13)11-17(2)12-15-10-16-8-9-18(15)3/h4-7,15-16H,8-12H2,1-3H3. The molecule has 1 N–H and O–H groups in total. The summed E-state index contributed by atoms with van der Waals surface area (Å²) in [7, 11) is 4.45. The molecule has 2 rings (SSSR count). The fraction of sp³-hybridized carbons (Fsp3) is 0.600. The monoisotopic (exact) mass is 247 g/mol. The summed E-state index contributed by atoms with van der Waals surface area (Å²) >= 11 is 0. The maximum atomic E-state index is 3.48. The number of aryl methyl sites for hydroxylation is 1. The van der Waals surface area contributed by atoms with Gasteiger partial charge >= 0.3 is 0 Å². The van der Waals surface area contributed by atoms with Gasteiger partial charge < -0.3 is 10.2 Å². The van der Waals surface area contributed by atoms with Gasteiger partial charge in [0.15, 0.2) is 0 Å². The highest BCUT2D eigenvalue weighted by Crippen LogP contribution is 2.10. The van der Waals surface area contributed by atoms with E-state index in [1.54, 1.807) is 0 Å².